The van der Waals surface area contributed by atoms with Gasteiger partial charge >= 0.3 is 5.97 Å². The van der Waals surface area contributed by atoms with Crippen LogP contribution in [0.3, 0.4) is 0 Å². The Morgan fingerprint density at radius 3 is 2.71 bits per heavy atom. The maximum Gasteiger partial charge on any atom is 0.323 e. The monoisotopic (exact) mass is 293 g/mol. The smallest absolute Gasteiger partial charge is 0.323 e. The van der Waals surface area contributed by atoms with Crippen LogP contribution >= 0.6 is 0 Å². The predicted molar refractivity (Wildman–Crippen MR) is 79.6 cm³/mol. The molecule has 0 N–H and O–H groups in total. The van der Waals surface area contributed by atoms with Crippen molar-refractivity contribution < 1.29 is 19.0 Å². The molecule has 1 aliphatic heterocycles. The van der Waals surface area contributed by atoms with E-state index in [4.69, 9.17) is 14.2 Å². The third-order valence-corrected chi connectivity index (χ3v) is 3.95. The molecule has 0 unspecified atom stereocenters. The topological polar surface area (TPSA) is 48.0 Å². The molecular weight excluding hydrogens is 270 g/mol. The van der Waals surface area contributed by atoms with E-state index in [0.717, 1.165) is 42.9 Å². The summed E-state index contributed by atoms with van der Waals surface area (Å²) >= 11 is 0. The van der Waals surface area contributed by atoms with Gasteiger partial charge < -0.3 is 14.2 Å². The number of rotatable bonds is 5. The predicted octanol–water partition coefficient (Wildman–Crippen LogP) is 2.23. The maximum absolute atomic E-state index is 11.9. The Morgan fingerprint density at radius 1 is 1.24 bits per heavy atom. The van der Waals surface area contributed by atoms with E-state index in [1.54, 1.807) is 14.2 Å². The van der Waals surface area contributed by atoms with Crippen molar-refractivity contribution in [3.63, 3.8) is 0 Å². The lowest BCUT2D eigenvalue weighted by Gasteiger charge is -2.34. The second-order valence-electron chi connectivity index (χ2n) is 5.18. The molecule has 2 rings (SSSR count). The lowest BCUT2D eigenvalue weighted by Crippen LogP contribution is -2.44. The number of esters is 1. The van der Waals surface area contributed by atoms with Gasteiger partial charge in [-0.25, -0.2) is 0 Å². The number of carbonyl (C=O) groups excluding carboxylic acids is 1. The van der Waals surface area contributed by atoms with Crippen molar-refractivity contribution in [3.8, 4) is 11.5 Å². The SMILES string of the molecule is COC(=O)[C@H]1CCCCN1Cc1cc(OC)ccc1OC. The minimum atomic E-state index is -0.167. The van der Waals surface area contributed by atoms with Crippen molar-refractivity contribution in [1.29, 1.82) is 0 Å². The summed E-state index contributed by atoms with van der Waals surface area (Å²) in [6.07, 6.45) is 3.00. The normalized spacial score (nSPS) is 19.1. The van der Waals surface area contributed by atoms with Gasteiger partial charge in [-0.1, -0.05) is 6.42 Å². The van der Waals surface area contributed by atoms with Gasteiger partial charge in [0.15, 0.2) is 0 Å². The third kappa shape index (κ3) is 3.67. The van der Waals surface area contributed by atoms with Gasteiger partial charge in [0.2, 0.25) is 0 Å². The number of likely N-dealkylation sites (tertiary alicyclic amines) is 1. The molecule has 1 heterocycles. The summed E-state index contributed by atoms with van der Waals surface area (Å²) in [6, 6.07) is 5.56. The zero-order valence-corrected chi connectivity index (χ0v) is 12.9. The van der Waals surface area contributed by atoms with Crippen LogP contribution in [0.2, 0.25) is 0 Å². The van der Waals surface area contributed by atoms with E-state index in [-0.39, 0.29) is 12.0 Å². The Kier molecular flexibility index (Phi) is 5.44. The van der Waals surface area contributed by atoms with Crippen LogP contribution in [0, 0.1) is 0 Å². The first-order chi connectivity index (χ1) is 10.2. The van der Waals surface area contributed by atoms with Crippen molar-refractivity contribution in [3.05, 3.63) is 23.8 Å². The first-order valence-corrected chi connectivity index (χ1v) is 7.22. The molecule has 0 bridgehead atoms. The molecule has 0 saturated carbocycles. The number of piperidine rings is 1. The van der Waals surface area contributed by atoms with Crippen molar-refractivity contribution in [1.82, 2.24) is 4.90 Å². The molecule has 5 heteroatoms. The quantitative estimate of drug-likeness (QED) is 0.779. The molecule has 0 amide bonds. The fourth-order valence-electron chi connectivity index (χ4n) is 2.81. The molecule has 0 radical (unpaired) electrons. The van der Waals surface area contributed by atoms with Gasteiger partial charge in [-0.15, -0.1) is 0 Å². The molecule has 116 valence electrons. The van der Waals surface area contributed by atoms with E-state index < -0.39 is 0 Å². The Morgan fingerprint density at radius 2 is 2.05 bits per heavy atom. The van der Waals surface area contributed by atoms with Gasteiger partial charge in [-0.2, -0.15) is 0 Å². The van der Waals surface area contributed by atoms with E-state index in [9.17, 15) is 4.79 Å². The van der Waals surface area contributed by atoms with Gasteiger partial charge in [0.1, 0.15) is 17.5 Å². The van der Waals surface area contributed by atoms with Crippen molar-refractivity contribution in [2.75, 3.05) is 27.9 Å². The molecular formula is C16H23NO4. The summed E-state index contributed by atoms with van der Waals surface area (Å²) < 4.78 is 15.6. The lowest BCUT2D eigenvalue weighted by atomic mass is 10.0. The van der Waals surface area contributed by atoms with Crippen LogP contribution in [0.5, 0.6) is 11.5 Å². The highest BCUT2D eigenvalue weighted by molar-refractivity contribution is 5.75. The Balaban J connectivity index is 2.20. The van der Waals surface area contributed by atoms with Gasteiger partial charge in [-0.3, -0.25) is 9.69 Å². The highest BCUT2D eigenvalue weighted by Gasteiger charge is 2.29. The standard InChI is InChI=1S/C16H23NO4/c1-19-13-7-8-15(20-2)12(10-13)11-17-9-5-4-6-14(17)16(18)21-3/h7-8,10,14H,4-6,9,11H2,1-3H3/t14-/m1/s1. The van der Waals surface area contributed by atoms with Gasteiger partial charge in [0, 0.05) is 12.1 Å². The molecule has 1 aromatic carbocycles. The van der Waals surface area contributed by atoms with Crippen LogP contribution in [0.25, 0.3) is 0 Å². The van der Waals surface area contributed by atoms with E-state index in [1.807, 2.05) is 18.2 Å². The summed E-state index contributed by atoms with van der Waals surface area (Å²) in [5.41, 5.74) is 1.02. The molecule has 0 aromatic heterocycles. The summed E-state index contributed by atoms with van der Waals surface area (Å²) in [6.45, 7) is 1.54. The van der Waals surface area contributed by atoms with Crippen molar-refractivity contribution >= 4 is 5.97 Å². The van der Waals surface area contributed by atoms with Crippen LogP contribution in [-0.2, 0) is 16.1 Å². The second-order valence-corrected chi connectivity index (χ2v) is 5.18. The molecule has 1 aromatic rings. The summed E-state index contributed by atoms with van der Waals surface area (Å²) in [5, 5.41) is 0. The lowest BCUT2D eigenvalue weighted by molar-refractivity contribution is -0.148. The number of hydrogen-bond acceptors (Lipinski definition) is 5. The Bertz CT molecular complexity index is 489. The number of hydrogen-bond donors (Lipinski definition) is 0. The zero-order chi connectivity index (χ0) is 15.2. The van der Waals surface area contributed by atoms with E-state index in [2.05, 4.69) is 4.90 Å². The zero-order valence-electron chi connectivity index (χ0n) is 12.9. The highest BCUT2D eigenvalue weighted by atomic mass is 16.5. The Hall–Kier alpha value is -1.75. The van der Waals surface area contributed by atoms with Crippen LogP contribution in [0.4, 0.5) is 0 Å². The fraction of sp³-hybridized carbons (Fsp3) is 0.562. The van der Waals surface area contributed by atoms with Crippen LogP contribution < -0.4 is 9.47 Å². The summed E-state index contributed by atoms with van der Waals surface area (Å²) in [4.78, 5) is 14.1. The van der Waals surface area contributed by atoms with Crippen molar-refractivity contribution in [2.24, 2.45) is 0 Å². The first-order valence-electron chi connectivity index (χ1n) is 7.22. The second kappa shape index (κ2) is 7.31. The van der Waals surface area contributed by atoms with Gasteiger partial charge in [-0.05, 0) is 37.6 Å². The summed E-state index contributed by atoms with van der Waals surface area (Å²) in [7, 11) is 4.74. The molecule has 1 atom stereocenters. The van der Waals surface area contributed by atoms with E-state index in [0.29, 0.717) is 6.54 Å². The minimum absolute atomic E-state index is 0.156. The van der Waals surface area contributed by atoms with Crippen molar-refractivity contribution in [2.45, 2.75) is 31.8 Å². The highest BCUT2D eigenvalue weighted by Crippen LogP contribution is 2.28. The number of carbonyl (C=O) groups is 1. The van der Waals surface area contributed by atoms with Crippen LogP contribution in [0.1, 0.15) is 24.8 Å². The number of ether oxygens (including phenoxy) is 3. The minimum Gasteiger partial charge on any atom is -0.497 e. The number of benzene rings is 1. The Labute approximate surface area is 125 Å². The molecule has 21 heavy (non-hydrogen) atoms. The van der Waals surface area contributed by atoms with Crippen LogP contribution in [0.15, 0.2) is 18.2 Å². The average Bonchev–Trinajstić information content (AvgIpc) is 2.54. The fourth-order valence-corrected chi connectivity index (χ4v) is 2.81. The first kappa shape index (κ1) is 15.6. The largest absolute Gasteiger partial charge is 0.497 e. The van der Waals surface area contributed by atoms with Crippen LogP contribution in [-0.4, -0.2) is 44.8 Å². The molecule has 5 nitrogen and oxygen atoms in total. The van der Waals surface area contributed by atoms with Gasteiger partial charge in [0.25, 0.3) is 0 Å². The molecule has 1 fully saturated rings. The average molecular weight is 293 g/mol. The van der Waals surface area contributed by atoms with Gasteiger partial charge in [0.05, 0.1) is 21.3 Å². The van der Waals surface area contributed by atoms with E-state index in [1.165, 1.54) is 7.11 Å². The third-order valence-electron chi connectivity index (χ3n) is 3.95. The maximum atomic E-state index is 11.9. The molecule has 1 aliphatic rings. The summed E-state index contributed by atoms with van der Waals surface area (Å²) in [5.74, 6) is 1.44. The molecule has 0 spiro atoms. The number of nitrogens with zero attached hydrogens (tertiary/aromatic N) is 1. The molecule has 1 saturated heterocycles. The number of methoxy groups -OCH3 is 3. The van der Waals surface area contributed by atoms with E-state index >= 15 is 0 Å². The molecule has 0 aliphatic carbocycles.